The topological polar surface area (TPSA) is 49.4 Å². The first-order valence-corrected chi connectivity index (χ1v) is 8.67. The highest BCUT2D eigenvalue weighted by molar-refractivity contribution is 14.1. The molecule has 2 amide bonds. The second-order valence-corrected chi connectivity index (χ2v) is 8.09. The highest BCUT2D eigenvalue weighted by Gasteiger charge is 2.43. The van der Waals surface area contributed by atoms with Crippen molar-refractivity contribution >= 4 is 34.4 Å². The van der Waals surface area contributed by atoms with Crippen LogP contribution in [0.4, 0.5) is 0 Å². The zero-order valence-electron chi connectivity index (χ0n) is 13.7. The maximum Gasteiger partial charge on any atom is 0.255 e. The van der Waals surface area contributed by atoms with Gasteiger partial charge in [0.15, 0.2) is 0 Å². The van der Waals surface area contributed by atoms with Crippen molar-refractivity contribution in [2.45, 2.75) is 58.7 Å². The average molecular weight is 414 g/mol. The normalized spacial score (nSPS) is 19.1. The number of halogens is 1. The molecule has 1 heterocycles. The molecule has 1 aromatic carbocycles. The van der Waals surface area contributed by atoms with Crippen LogP contribution in [0.25, 0.3) is 0 Å². The largest absolute Gasteiger partial charge is 0.349 e. The number of carbonyl (C=O) groups excluding carboxylic acids is 2. The number of nitrogens with zero attached hydrogens (tertiary/aromatic N) is 1. The lowest BCUT2D eigenvalue weighted by Crippen LogP contribution is -2.48. The minimum atomic E-state index is -0.534. The van der Waals surface area contributed by atoms with Gasteiger partial charge in [-0.25, -0.2) is 0 Å². The number of benzene rings is 1. The van der Waals surface area contributed by atoms with Crippen LogP contribution in [0.1, 0.15) is 63.0 Å². The van der Waals surface area contributed by atoms with Crippen molar-refractivity contribution in [3.05, 3.63) is 32.9 Å². The number of carbonyl (C=O) groups is 2. The molecule has 4 nitrogen and oxygen atoms in total. The monoisotopic (exact) mass is 414 g/mol. The minimum absolute atomic E-state index is 0.0216. The minimum Gasteiger partial charge on any atom is -0.349 e. The van der Waals surface area contributed by atoms with Gasteiger partial charge in [0.2, 0.25) is 5.91 Å². The van der Waals surface area contributed by atoms with Gasteiger partial charge in [0.1, 0.15) is 6.04 Å². The fraction of sp³-hybridized carbons (Fsp3) is 0.529. The Labute approximate surface area is 145 Å². The van der Waals surface area contributed by atoms with E-state index in [1.54, 1.807) is 4.90 Å². The summed E-state index contributed by atoms with van der Waals surface area (Å²) in [5, 5.41) is 3.01. The first kappa shape index (κ1) is 17.2. The van der Waals surface area contributed by atoms with Gasteiger partial charge < -0.3 is 10.2 Å². The smallest absolute Gasteiger partial charge is 0.255 e. The van der Waals surface area contributed by atoms with Gasteiger partial charge in [0, 0.05) is 20.7 Å². The molecule has 1 aliphatic rings. The van der Waals surface area contributed by atoms with Gasteiger partial charge in [-0.1, -0.05) is 13.0 Å². The number of amides is 2. The fourth-order valence-corrected chi connectivity index (χ4v) is 3.21. The van der Waals surface area contributed by atoms with E-state index in [9.17, 15) is 9.59 Å². The van der Waals surface area contributed by atoms with Gasteiger partial charge in [-0.2, -0.15) is 0 Å². The number of hydrogen-bond acceptors (Lipinski definition) is 2. The quantitative estimate of drug-likeness (QED) is 0.770. The summed E-state index contributed by atoms with van der Waals surface area (Å²) >= 11 is 2.19. The van der Waals surface area contributed by atoms with Crippen molar-refractivity contribution in [1.82, 2.24) is 10.2 Å². The molecule has 0 saturated carbocycles. The summed E-state index contributed by atoms with van der Waals surface area (Å²) in [6.45, 7) is 9.87. The van der Waals surface area contributed by atoms with Crippen molar-refractivity contribution in [1.29, 1.82) is 0 Å². The van der Waals surface area contributed by atoms with Gasteiger partial charge in [0.25, 0.3) is 5.91 Å². The second-order valence-electron chi connectivity index (χ2n) is 6.84. The van der Waals surface area contributed by atoms with Crippen LogP contribution in [-0.4, -0.2) is 28.3 Å². The summed E-state index contributed by atoms with van der Waals surface area (Å²) < 4.78 is 1.01. The van der Waals surface area contributed by atoms with Gasteiger partial charge in [0.05, 0.1) is 0 Å². The third kappa shape index (κ3) is 3.29. The van der Waals surface area contributed by atoms with E-state index in [1.807, 2.05) is 52.8 Å². The molecule has 0 bridgehead atoms. The average Bonchev–Trinajstić information content (AvgIpc) is 2.69. The molecular weight excluding hydrogens is 391 g/mol. The van der Waals surface area contributed by atoms with Crippen LogP contribution in [0, 0.1) is 3.57 Å². The van der Waals surface area contributed by atoms with Crippen LogP contribution >= 0.6 is 22.6 Å². The van der Waals surface area contributed by atoms with Crippen molar-refractivity contribution in [2.24, 2.45) is 0 Å². The maximum absolute atomic E-state index is 12.8. The number of fused-ring (bicyclic) bond motifs is 1. The van der Waals surface area contributed by atoms with Crippen LogP contribution in [0.5, 0.6) is 0 Å². The molecule has 0 spiro atoms. The highest BCUT2D eigenvalue weighted by atomic mass is 127. The molecule has 5 heteroatoms. The van der Waals surface area contributed by atoms with E-state index in [2.05, 4.69) is 27.9 Å². The summed E-state index contributed by atoms with van der Waals surface area (Å²) in [6.07, 6.45) is 0.816. The van der Waals surface area contributed by atoms with Crippen molar-refractivity contribution in [3.8, 4) is 0 Å². The summed E-state index contributed by atoms with van der Waals surface area (Å²) in [6, 6.07) is 5.22. The Bertz CT molecular complexity index is 607. The molecule has 0 aromatic heterocycles. The molecular formula is C17H23IN2O2. The Morgan fingerprint density at radius 3 is 2.59 bits per heavy atom. The van der Waals surface area contributed by atoms with Crippen LogP contribution in [0.15, 0.2) is 18.2 Å². The summed E-state index contributed by atoms with van der Waals surface area (Å²) in [4.78, 5) is 27.3. The van der Waals surface area contributed by atoms with E-state index in [-0.39, 0.29) is 23.4 Å². The molecule has 2 rings (SSSR count). The molecule has 2 atom stereocenters. The molecule has 0 saturated heterocycles. The fourth-order valence-electron chi connectivity index (χ4n) is 2.72. The third-order valence-electron chi connectivity index (χ3n) is 3.87. The third-order valence-corrected chi connectivity index (χ3v) is 4.54. The maximum atomic E-state index is 12.8. The van der Waals surface area contributed by atoms with E-state index < -0.39 is 6.04 Å². The summed E-state index contributed by atoms with van der Waals surface area (Å²) in [5.74, 6) is -0.155. The van der Waals surface area contributed by atoms with Gasteiger partial charge >= 0.3 is 0 Å². The molecule has 2 unspecified atom stereocenters. The van der Waals surface area contributed by atoms with Crippen LogP contribution in [0.2, 0.25) is 0 Å². The molecule has 0 radical (unpaired) electrons. The second kappa shape index (κ2) is 6.18. The summed E-state index contributed by atoms with van der Waals surface area (Å²) in [7, 11) is 0. The predicted octanol–water partition coefficient (Wildman–Crippen LogP) is 3.50. The number of nitrogens with one attached hydrogen (secondary N) is 1. The lowest BCUT2D eigenvalue weighted by atomic mass is 10.0. The Balaban J connectivity index is 2.47. The van der Waals surface area contributed by atoms with Crippen LogP contribution in [-0.2, 0) is 4.79 Å². The SMILES string of the molecule is CCC(C)N1C(=O)c2cc(I)ccc2C1C(=O)NC(C)(C)C. The molecule has 22 heavy (non-hydrogen) atoms. The van der Waals surface area contributed by atoms with Gasteiger partial charge in [-0.15, -0.1) is 0 Å². The number of hydrogen-bond donors (Lipinski definition) is 1. The van der Waals surface area contributed by atoms with Crippen LogP contribution in [0.3, 0.4) is 0 Å². The van der Waals surface area contributed by atoms with Gasteiger partial charge in [-0.3, -0.25) is 9.59 Å². The van der Waals surface area contributed by atoms with Crippen molar-refractivity contribution in [2.75, 3.05) is 0 Å². The number of rotatable bonds is 3. The molecule has 0 fully saturated rings. The zero-order valence-corrected chi connectivity index (χ0v) is 15.9. The highest BCUT2D eigenvalue weighted by Crippen LogP contribution is 2.37. The van der Waals surface area contributed by atoms with Crippen molar-refractivity contribution < 1.29 is 9.59 Å². The molecule has 0 aliphatic carbocycles. The summed E-state index contributed by atoms with van der Waals surface area (Å²) in [5.41, 5.74) is 1.14. The Morgan fingerprint density at radius 1 is 1.41 bits per heavy atom. The molecule has 1 aliphatic heterocycles. The Hall–Kier alpha value is -1.11. The Morgan fingerprint density at radius 2 is 2.05 bits per heavy atom. The zero-order chi connectivity index (χ0) is 16.7. The van der Waals surface area contributed by atoms with E-state index in [0.717, 1.165) is 15.6 Å². The van der Waals surface area contributed by atoms with E-state index in [4.69, 9.17) is 0 Å². The molecule has 1 N–H and O–H groups in total. The molecule has 1 aromatic rings. The standard InChI is InChI=1S/C17H23IN2O2/c1-6-10(2)20-14(15(21)19-17(3,4)5)12-8-7-11(18)9-13(12)16(20)22/h7-10,14H,6H2,1-5H3,(H,19,21). The van der Waals surface area contributed by atoms with Crippen LogP contribution < -0.4 is 5.32 Å². The van der Waals surface area contributed by atoms with E-state index in [0.29, 0.717) is 5.56 Å². The van der Waals surface area contributed by atoms with E-state index in [1.165, 1.54) is 0 Å². The molecule has 120 valence electrons. The predicted molar refractivity (Wildman–Crippen MR) is 95.7 cm³/mol. The lowest BCUT2D eigenvalue weighted by Gasteiger charge is -2.32. The first-order chi connectivity index (χ1) is 10.2. The van der Waals surface area contributed by atoms with Gasteiger partial charge in [-0.05, 0) is 74.4 Å². The van der Waals surface area contributed by atoms with E-state index >= 15 is 0 Å². The lowest BCUT2D eigenvalue weighted by molar-refractivity contribution is -0.127. The first-order valence-electron chi connectivity index (χ1n) is 7.60. The Kier molecular flexibility index (Phi) is 4.84. The van der Waals surface area contributed by atoms with Crippen molar-refractivity contribution in [3.63, 3.8) is 0 Å².